The number of ether oxygens (including phenoxy) is 3. The Balaban J connectivity index is 1.64. The molecule has 4 saturated carbocycles. The van der Waals surface area contributed by atoms with Gasteiger partial charge in [0, 0.05) is 31.8 Å². The topological polar surface area (TPSA) is 126 Å². The highest BCUT2D eigenvalue weighted by atomic mass is 16.5. The summed E-state index contributed by atoms with van der Waals surface area (Å²) in [5, 5.41) is 9.58. The van der Waals surface area contributed by atoms with Gasteiger partial charge < -0.3 is 36.5 Å². The van der Waals surface area contributed by atoms with Crippen LogP contribution in [0.25, 0.3) is 0 Å². The van der Waals surface area contributed by atoms with Gasteiger partial charge >= 0.3 is 0 Å². The zero-order valence-electron chi connectivity index (χ0n) is 26.0. The third-order valence-corrected chi connectivity index (χ3v) is 12.3. The van der Waals surface area contributed by atoms with Gasteiger partial charge in [0.25, 0.3) is 0 Å². The van der Waals surface area contributed by atoms with E-state index >= 15 is 0 Å². The van der Waals surface area contributed by atoms with Gasteiger partial charge in [-0.25, -0.2) is 0 Å². The number of fused-ring (bicyclic) bond motifs is 5. The Morgan fingerprint density at radius 3 is 2.15 bits per heavy atom. The van der Waals surface area contributed by atoms with Gasteiger partial charge in [-0.1, -0.05) is 20.8 Å². The van der Waals surface area contributed by atoms with Crippen molar-refractivity contribution in [3.8, 4) is 0 Å². The maximum absolute atomic E-state index is 9.58. The monoisotopic (exact) mass is 565 g/mol. The summed E-state index contributed by atoms with van der Waals surface area (Å²) < 4.78 is 20.1. The van der Waals surface area contributed by atoms with Crippen LogP contribution in [-0.4, -0.2) is 69.5 Å². The van der Waals surface area contributed by atoms with Gasteiger partial charge in [-0.05, 0) is 138 Å². The number of hydrogen-bond donors (Lipinski definition) is 4. The van der Waals surface area contributed by atoms with Crippen LogP contribution in [0, 0.1) is 46.3 Å². The molecule has 234 valence electrons. The van der Waals surface area contributed by atoms with Crippen molar-refractivity contribution in [3.05, 3.63) is 0 Å². The maximum atomic E-state index is 9.58. The predicted molar refractivity (Wildman–Crippen MR) is 162 cm³/mol. The SMILES string of the molecule is C[C@H](CCCO)[C@H]1CC[C@H]2C3[C@H](OCCCN)CC4C[C@H](OCCCN)CC[C@]4(C)[C@H]3C[C@H](OCCCN)[C@]12C. The van der Waals surface area contributed by atoms with Crippen LogP contribution in [0.5, 0.6) is 0 Å². The largest absolute Gasteiger partial charge is 0.396 e. The summed E-state index contributed by atoms with van der Waals surface area (Å²) in [7, 11) is 0. The van der Waals surface area contributed by atoms with Crippen LogP contribution < -0.4 is 17.2 Å². The fourth-order valence-electron chi connectivity index (χ4n) is 10.2. The van der Waals surface area contributed by atoms with Crippen molar-refractivity contribution in [1.82, 2.24) is 0 Å². The fraction of sp³-hybridized carbons (Fsp3) is 1.00. The Morgan fingerprint density at radius 1 is 0.800 bits per heavy atom. The Morgan fingerprint density at radius 2 is 1.48 bits per heavy atom. The highest BCUT2D eigenvalue weighted by molar-refractivity contribution is 5.15. The second-order valence-electron chi connectivity index (χ2n) is 14.3. The molecule has 0 amide bonds. The fourth-order valence-corrected chi connectivity index (χ4v) is 10.2. The van der Waals surface area contributed by atoms with Crippen LogP contribution in [0.1, 0.15) is 97.8 Å². The Bertz CT molecular complexity index is 757. The number of hydrogen-bond acceptors (Lipinski definition) is 7. The molecule has 7 nitrogen and oxygen atoms in total. The summed E-state index contributed by atoms with van der Waals surface area (Å²) in [5.74, 6) is 3.60. The molecule has 0 spiro atoms. The second-order valence-corrected chi connectivity index (χ2v) is 14.3. The molecular formula is C33H63N3O4. The van der Waals surface area contributed by atoms with Gasteiger partial charge in [0.1, 0.15) is 0 Å². The Kier molecular flexibility index (Phi) is 12.2. The molecule has 0 saturated heterocycles. The molecule has 2 unspecified atom stereocenters. The number of aliphatic hydroxyl groups excluding tert-OH is 1. The van der Waals surface area contributed by atoms with Crippen LogP contribution in [0.3, 0.4) is 0 Å². The first-order valence-electron chi connectivity index (χ1n) is 16.9. The first-order chi connectivity index (χ1) is 19.3. The van der Waals surface area contributed by atoms with Crippen molar-refractivity contribution in [1.29, 1.82) is 0 Å². The van der Waals surface area contributed by atoms with E-state index in [0.717, 1.165) is 77.6 Å². The van der Waals surface area contributed by atoms with E-state index in [0.29, 0.717) is 72.8 Å². The van der Waals surface area contributed by atoms with E-state index in [4.69, 9.17) is 31.4 Å². The lowest BCUT2D eigenvalue weighted by Gasteiger charge is -2.65. The van der Waals surface area contributed by atoms with E-state index in [1.165, 1.54) is 19.3 Å². The van der Waals surface area contributed by atoms with Crippen LogP contribution in [0.4, 0.5) is 0 Å². The summed E-state index contributed by atoms with van der Waals surface area (Å²) in [4.78, 5) is 0. The van der Waals surface area contributed by atoms with Crippen LogP contribution in [-0.2, 0) is 14.2 Å². The van der Waals surface area contributed by atoms with E-state index in [1.807, 2.05) is 0 Å². The zero-order chi connectivity index (χ0) is 28.8. The minimum atomic E-state index is 0.131. The summed E-state index contributed by atoms with van der Waals surface area (Å²) >= 11 is 0. The van der Waals surface area contributed by atoms with Gasteiger partial charge in [-0.2, -0.15) is 0 Å². The van der Waals surface area contributed by atoms with Crippen molar-refractivity contribution in [2.24, 2.45) is 63.5 Å². The quantitative estimate of drug-likeness (QED) is 0.203. The molecule has 0 aromatic rings. The maximum Gasteiger partial charge on any atom is 0.0637 e. The first-order valence-corrected chi connectivity index (χ1v) is 16.9. The molecule has 11 atom stereocenters. The summed E-state index contributed by atoms with van der Waals surface area (Å²) in [5.41, 5.74) is 18.0. The van der Waals surface area contributed by atoms with E-state index in [9.17, 15) is 5.11 Å². The van der Waals surface area contributed by atoms with Crippen molar-refractivity contribution >= 4 is 0 Å². The lowest BCUT2D eigenvalue weighted by Crippen LogP contribution is -2.63. The molecule has 7 N–H and O–H groups in total. The number of nitrogens with two attached hydrogens (primary N) is 3. The molecule has 7 heteroatoms. The number of rotatable bonds is 16. The normalized spacial score (nSPS) is 41.8. The molecule has 4 fully saturated rings. The summed E-state index contributed by atoms with van der Waals surface area (Å²) in [6.07, 6.45) is 14.0. The molecule has 0 radical (unpaired) electrons. The zero-order valence-corrected chi connectivity index (χ0v) is 26.0. The Hall–Kier alpha value is -0.280. The van der Waals surface area contributed by atoms with E-state index < -0.39 is 0 Å². The molecule has 4 aliphatic carbocycles. The standard InChI is InChI=1S/C33H63N3O4/c1-23(8-4-16-37)26-9-10-27-31-28(22-30(33(26,27)3)40-19-7-15-36)32(2)12-11-25(38-17-5-13-34)20-24(32)21-29(31)39-18-6-14-35/h23-31,37H,4-22,34-36H2,1-3H3/t23-,24?,25-,26-,27+,28+,29-,30+,31?,32+,33-/m1/s1. The summed E-state index contributed by atoms with van der Waals surface area (Å²) in [6, 6.07) is 0. The number of aliphatic hydroxyl groups is 1. The van der Waals surface area contributed by atoms with Gasteiger partial charge in [0.15, 0.2) is 0 Å². The van der Waals surface area contributed by atoms with Crippen molar-refractivity contribution in [3.63, 3.8) is 0 Å². The van der Waals surface area contributed by atoms with E-state index in [2.05, 4.69) is 20.8 Å². The molecule has 0 aliphatic heterocycles. The van der Waals surface area contributed by atoms with Gasteiger partial charge in [-0.15, -0.1) is 0 Å². The van der Waals surface area contributed by atoms with E-state index in [-0.39, 0.29) is 18.1 Å². The Labute approximate surface area is 245 Å². The van der Waals surface area contributed by atoms with E-state index in [1.54, 1.807) is 0 Å². The van der Waals surface area contributed by atoms with Crippen molar-refractivity contribution < 1.29 is 19.3 Å². The minimum absolute atomic E-state index is 0.131. The average molecular weight is 566 g/mol. The predicted octanol–water partition coefficient (Wildman–Crippen LogP) is 4.48. The molecule has 0 aromatic carbocycles. The first kappa shape index (κ1) is 32.6. The molecule has 0 bridgehead atoms. The van der Waals surface area contributed by atoms with Crippen molar-refractivity contribution in [2.45, 2.75) is 116 Å². The molecular weight excluding hydrogens is 502 g/mol. The summed E-state index contributed by atoms with van der Waals surface area (Å²) in [6.45, 7) is 12.2. The third kappa shape index (κ3) is 6.61. The third-order valence-electron chi connectivity index (χ3n) is 12.3. The van der Waals surface area contributed by atoms with Gasteiger partial charge in [0.2, 0.25) is 0 Å². The van der Waals surface area contributed by atoms with Crippen LogP contribution >= 0.6 is 0 Å². The molecule has 0 aromatic heterocycles. The smallest absolute Gasteiger partial charge is 0.0637 e. The minimum Gasteiger partial charge on any atom is -0.396 e. The highest BCUT2D eigenvalue weighted by Crippen LogP contribution is 2.69. The van der Waals surface area contributed by atoms with Crippen LogP contribution in [0.2, 0.25) is 0 Å². The average Bonchev–Trinajstić information content (AvgIpc) is 3.31. The van der Waals surface area contributed by atoms with Gasteiger partial charge in [-0.3, -0.25) is 0 Å². The lowest BCUT2D eigenvalue weighted by molar-refractivity contribution is -0.227. The lowest BCUT2D eigenvalue weighted by atomic mass is 9.43. The van der Waals surface area contributed by atoms with Crippen molar-refractivity contribution in [2.75, 3.05) is 46.1 Å². The molecule has 4 rings (SSSR count). The molecule has 40 heavy (non-hydrogen) atoms. The highest BCUT2D eigenvalue weighted by Gasteiger charge is 2.66. The second kappa shape index (κ2) is 14.9. The molecule has 0 heterocycles. The van der Waals surface area contributed by atoms with Crippen LogP contribution in [0.15, 0.2) is 0 Å². The van der Waals surface area contributed by atoms with Gasteiger partial charge in [0.05, 0.1) is 18.3 Å². The molecule has 4 aliphatic rings.